The van der Waals surface area contributed by atoms with Gasteiger partial charge in [-0.2, -0.15) is 0 Å². The molecule has 140 valence electrons. The maximum atomic E-state index is 5.65. The van der Waals surface area contributed by atoms with Crippen LogP contribution in [-0.2, 0) is 0 Å². The molecule has 2 bridgehead atoms. The van der Waals surface area contributed by atoms with Gasteiger partial charge < -0.3 is 15.6 Å². The quantitative estimate of drug-likeness (QED) is 0.532. The summed E-state index contributed by atoms with van der Waals surface area (Å²) in [5, 5.41) is 11.4. The number of para-hydroxylation sites is 1. The van der Waals surface area contributed by atoms with Gasteiger partial charge in [-0.3, -0.25) is 0 Å². The number of rotatable bonds is 5. The van der Waals surface area contributed by atoms with Crippen LogP contribution >= 0.6 is 23.6 Å². The van der Waals surface area contributed by atoms with E-state index in [9.17, 15) is 0 Å². The van der Waals surface area contributed by atoms with Crippen LogP contribution in [0.3, 0.4) is 0 Å². The predicted octanol–water partition coefficient (Wildman–Crippen LogP) is 5.01. The van der Waals surface area contributed by atoms with Crippen molar-refractivity contribution in [2.24, 2.45) is 11.8 Å². The molecule has 5 rings (SSSR count). The molecule has 1 aromatic carbocycles. The average Bonchev–Trinajstić information content (AvgIpc) is 3.47. The Morgan fingerprint density at radius 1 is 1.19 bits per heavy atom. The number of hydrogen-bond donors (Lipinski definition) is 3. The Bertz CT molecular complexity index is 930. The first-order valence-electron chi connectivity index (χ1n) is 9.91. The lowest BCUT2D eigenvalue weighted by atomic mass is 9.95. The summed E-state index contributed by atoms with van der Waals surface area (Å²) >= 11 is 7.47. The molecule has 0 aliphatic heterocycles. The molecule has 0 spiro atoms. The topological polar surface area (TPSA) is 39.9 Å². The van der Waals surface area contributed by atoms with Crippen LogP contribution in [-0.4, -0.2) is 22.7 Å². The lowest BCUT2D eigenvalue weighted by molar-refractivity contribution is 0.389. The summed E-state index contributed by atoms with van der Waals surface area (Å²) in [6, 6.07) is 13.5. The Morgan fingerprint density at radius 2 is 2.11 bits per heavy atom. The van der Waals surface area contributed by atoms with Crippen molar-refractivity contribution in [2.45, 2.75) is 37.6 Å². The van der Waals surface area contributed by atoms with Crippen LogP contribution in [0, 0.1) is 11.8 Å². The van der Waals surface area contributed by atoms with E-state index in [1.165, 1.54) is 47.0 Å². The van der Waals surface area contributed by atoms with E-state index in [0.717, 1.165) is 23.5 Å². The number of thiocarbonyl (C=S) groups is 1. The first-order chi connectivity index (χ1) is 13.3. The summed E-state index contributed by atoms with van der Waals surface area (Å²) in [6.45, 7) is 0.814. The molecule has 2 heterocycles. The lowest BCUT2D eigenvalue weighted by Gasteiger charge is -2.25. The van der Waals surface area contributed by atoms with E-state index in [4.69, 9.17) is 12.2 Å². The van der Waals surface area contributed by atoms with Gasteiger partial charge >= 0.3 is 0 Å². The van der Waals surface area contributed by atoms with Gasteiger partial charge in [0.05, 0.1) is 0 Å². The molecule has 3 N–H and O–H groups in total. The van der Waals surface area contributed by atoms with E-state index in [2.05, 4.69) is 63.6 Å². The van der Waals surface area contributed by atoms with Crippen molar-refractivity contribution in [3.05, 3.63) is 58.4 Å². The van der Waals surface area contributed by atoms with E-state index in [1.54, 1.807) is 0 Å². The molecule has 27 heavy (non-hydrogen) atoms. The van der Waals surface area contributed by atoms with E-state index in [1.807, 2.05) is 11.3 Å². The summed E-state index contributed by atoms with van der Waals surface area (Å²) in [6.07, 6.45) is 7.64. The van der Waals surface area contributed by atoms with Gasteiger partial charge in [0.1, 0.15) is 0 Å². The Hall–Kier alpha value is -1.85. The number of aromatic amines is 1. The summed E-state index contributed by atoms with van der Waals surface area (Å²) < 4.78 is 0. The van der Waals surface area contributed by atoms with Gasteiger partial charge in [0.15, 0.2) is 5.11 Å². The fraction of sp³-hybridized carbons (Fsp3) is 0.409. The molecule has 4 unspecified atom stereocenters. The number of hydrogen-bond acceptors (Lipinski definition) is 2. The second kappa shape index (κ2) is 7.28. The van der Waals surface area contributed by atoms with Crippen molar-refractivity contribution < 1.29 is 0 Å². The molecule has 2 aliphatic rings. The zero-order valence-corrected chi connectivity index (χ0v) is 16.9. The first-order valence-corrected chi connectivity index (χ1v) is 11.2. The van der Waals surface area contributed by atoms with E-state index < -0.39 is 0 Å². The smallest absolute Gasteiger partial charge is 0.166 e. The number of aromatic nitrogens is 1. The van der Waals surface area contributed by atoms with Gasteiger partial charge in [-0.05, 0) is 66.4 Å². The van der Waals surface area contributed by atoms with Crippen LogP contribution in [0.25, 0.3) is 10.9 Å². The number of thiophene rings is 1. The maximum Gasteiger partial charge on any atom is 0.166 e. The Morgan fingerprint density at radius 3 is 2.89 bits per heavy atom. The third-order valence-electron chi connectivity index (χ3n) is 6.40. The third kappa shape index (κ3) is 3.39. The highest BCUT2D eigenvalue weighted by Gasteiger charge is 2.39. The summed E-state index contributed by atoms with van der Waals surface area (Å²) in [5.74, 6) is 2.05. The molecule has 0 saturated heterocycles. The number of benzene rings is 1. The van der Waals surface area contributed by atoms with Crippen LogP contribution in [0.2, 0.25) is 0 Å². The molecule has 4 atom stereocenters. The van der Waals surface area contributed by atoms with Gasteiger partial charge in [-0.1, -0.05) is 30.7 Å². The molecule has 5 heteroatoms. The van der Waals surface area contributed by atoms with Crippen LogP contribution < -0.4 is 10.6 Å². The molecule has 3 nitrogen and oxygen atoms in total. The predicted molar refractivity (Wildman–Crippen MR) is 117 cm³/mol. The average molecular weight is 396 g/mol. The molecule has 3 aromatic rings. The maximum absolute atomic E-state index is 5.65. The molecule has 2 aromatic heterocycles. The zero-order chi connectivity index (χ0) is 18.2. The van der Waals surface area contributed by atoms with Gasteiger partial charge in [-0.25, -0.2) is 0 Å². The van der Waals surface area contributed by atoms with Crippen LogP contribution in [0.1, 0.15) is 42.0 Å². The highest BCUT2D eigenvalue weighted by molar-refractivity contribution is 7.80. The zero-order valence-electron chi connectivity index (χ0n) is 15.3. The van der Waals surface area contributed by atoms with Crippen molar-refractivity contribution in [1.82, 2.24) is 15.6 Å². The Labute approximate surface area is 169 Å². The summed E-state index contributed by atoms with van der Waals surface area (Å²) in [4.78, 5) is 4.79. The Balaban J connectivity index is 1.31. The van der Waals surface area contributed by atoms with Gasteiger partial charge in [0.25, 0.3) is 0 Å². The van der Waals surface area contributed by atoms with Crippen molar-refractivity contribution >= 4 is 39.6 Å². The monoisotopic (exact) mass is 395 g/mol. The van der Waals surface area contributed by atoms with Crippen molar-refractivity contribution in [2.75, 3.05) is 6.54 Å². The molecule has 0 amide bonds. The molecule has 0 radical (unpaired) electrons. The van der Waals surface area contributed by atoms with E-state index in [0.29, 0.717) is 12.0 Å². The summed E-state index contributed by atoms with van der Waals surface area (Å²) in [5.41, 5.74) is 2.53. The fourth-order valence-corrected chi connectivity index (χ4v) is 6.15. The van der Waals surface area contributed by atoms with Gasteiger partial charge in [-0.15, -0.1) is 11.3 Å². The second-order valence-electron chi connectivity index (χ2n) is 7.99. The van der Waals surface area contributed by atoms with Crippen LogP contribution in [0.4, 0.5) is 0 Å². The van der Waals surface area contributed by atoms with Crippen LogP contribution in [0.5, 0.6) is 0 Å². The number of nitrogens with one attached hydrogen (secondary N) is 3. The van der Waals surface area contributed by atoms with Crippen molar-refractivity contribution in [1.29, 1.82) is 0 Å². The standard InChI is InChI=1S/C22H25N3S2/c26-22(25-20-11-14-7-8-15(20)10-14)24-13-18(21-6-3-9-27-21)17-12-23-19-5-2-1-4-16(17)19/h1-6,9,12,14-15,18,20,23H,7-8,10-11,13H2,(H2,24,25,26). The Kier molecular flexibility index (Phi) is 4.66. The normalized spacial score (nSPS) is 25.0. The van der Waals surface area contributed by atoms with E-state index >= 15 is 0 Å². The fourth-order valence-electron chi connectivity index (χ4n) is 5.07. The molecular formula is C22H25N3S2. The SMILES string of the molecule is S=C(NCC(c1cccs1)c1c[nH]c2ccccc12)NC1CC2CCC1C2. The largest absolute Gasteiger partial charge is 0.362 e. The minimum absolute atomic E-state index is 0.293. The molecular weight excluding hydrogens is 370 g/mol. The van der Waals surface area contributed by atoms with Gasteiger partial charge in [0, 0.05) is 40.5 Å². The number of fused-ring (bicyclic) bond motifs is 3. The first kappa shape index (κ1) is 17.3. The van der Waals surface area contributed by atoms with Crippen molar-refractivity contribution in [3.8, 4) is 0 Å². The molecule has 2 saturated carbocycles. The molecule has 2 fully saturated rings. The summed E-state index contributed by atoms with van der Waals surface area (Å²) in [7, 11) is 0. The van der Waals surface area contributed by atoms with Crippen molar-refractivity contribution in [3.63, 3.8) is 0 Å². The van der Waals surface area contributed by atoms with Crippen LogP contribution in [0.15, 0.2) is 48.0 Å². The number of H-pyrrole nitrogens is 1. The minimum atomic E-state index is 0.293. The molecule has 2 aliphatic carbocycles. The van der Waals surface area contributed by atoms with E-state index in [-0.39, 0.29) is 0 Å². The lowest BCUT2D eigenvalue weighted by Crippen LogP contribution is -2.45. The highest BCUT2D eigenvalue weighted by Crippen LogP contribution is 2.44. The minimum Gasteiger partial charge on any atom is -0.362 e. The third-order valence-corrected chi connectivity index (χ3v) is 7.65. The second-order valence-corrected chi connectivity index (χ2v) is 9.38. The van der Waals surface area contributed by atoms with Gasteiger partial charge in [0.2, 0.25) is 0 Å². The highest BCUT2D eigenvalue weighted by atomic mass is 32.1.